The summed E-state index contributed by atoms with van der Waals surface area (Å²) in [6.45, 7) is 5.63. The van der Waals surface area contributed by atoms with Crippen molar-refractivity contribution in [2.75, 3.05) is 13.2 Å². The fourth-order valence-electron chi connectivity index (χ4n) is 1.57. The Labute approximate surface area is 114 Å². The molecule has 0 unspecified atom stereocenters. The summed E-state index contributed by atoms with van der Waals surface area (Å²) in [7, 11) is 0. The minimum absolute atomic E-state index is 0.180. The third kappa shape index (κ3) is 6.22. The van der Waals surface area contributed by atoms with Crippen molar-refractivity contribution in [2.24, 2.45) is 0 Å². The van der Waals surface area contributed by atoms with E-state index < -0.39 is 6.09 Å². The number of carbonyl (C=O) groups excluding carboxylic acids is 1. The molecule has 2 rings (SSSR count). The van der Waals surface area contributed by atoms with E-state index in [1.807, 2.05) is 44.2 Å². The van der Waals surface area contributed by atoms with E-state index >= 15 is 0 Å². The summed E-state index contributed by atoms with van der Waals surface area (Å²) in [5, 5.41) is 0. The number of benzene rings is 1. The van der Waals surface area contributed by atoms with E-state index in [0.29, 0.717) is 6.61 Å². The van der Waals surface area contributed by atoms with Gasteiger partial charge in [-0.15, -0.1) is 0 Å². The Morgan fingerprint density at radius 1 is 1.37 bits per heavy atom. The average molecular weight is 266 g/mol. The minimum atomic E-state index is -0.472. The molecule has 106 valence electrons. The molecule has 0 radical (unpaired) electrons. The lowest BCUT2D eigenvalue weighted by atomic mass is 10.2. The van der Waals surface area contributed by atoms with Crippen molar-refractivity contribution in [3.63, 3.8) is 0 Å². The summed E-state index contributed by atoms with van der Waals surface area (Å²) in [6, 6.07) is 9.73. The summed E-state index contributed by atoms with van der Waals surface area (Å²) >= 11 is 0. The first-order valence-electron chi connectivity index (χ1n) is 6.64. The molecule has 1 atom stereocenters. The second-order valence-electron chi connectivity index (χ2n) is 3.89. The number of hydrogen-bond acceptors (Lipinski definition) is 4. The molecule has 19 heavy (non-hydrogen) atoms. The van der Waals surface area contributed by atoms with Crippen molar-refractivity contribution in [1.82, 2.24) is 10.9 Å². The van der Waals surface area contributed by atoms with Gasteiger partial charge >= 0.3 is 6.09 Å². The fraction of sp³-hybridized carbons (Fsp3) is 0.500. The van der Waals surface area contributed by atoms with E-state index in [2.05, 4.69) is 10.9 Å². The van der Waals surface area contributed by atoms with E-state index in [0.717, 1.165) is 18.6 Å². The smallest absolute Gasteiger partial charge is 0.421 e. The van der Waals surface area contributed by atoms with Gasteiger partial charge in [0.2, 0.25) is 0 Å². The maximum Gasteiger partial charge on any atom is 0.421 e. The molecule has 5 heteroatoms. The zero-order chi connectivity index (χ0) is 13.9. The summed E-state index contributed by atoms with van der Waals surface area (Å²) in [6.07, 6.45) is 0.430. The van der Waals surface area contributed by atoms with Crippen LogP contribution in [0.4, 0.5) is 4.79 Å². The molecule has 1 aromatic rings. The molecular formula is C14H22N2O3. The second kappa shape index (κ2) is 9.35. The zero-order valence-electron chi connectivity index (χ0n) is 11.5. The molecule has 0 aromatic heterocycles. The molecule has 0 aliphatic carbocycles. The van der Waals surface area contributed by atoms with Crippen molar-refractivity contribution in [1.29, 1.82) is 0 Å². The highest BCUT2D eigenvalue weighted by Crippen LogP contribution is 2.02. The lowest BCUT2D eigenvalue weighted by Gasteiger charge is -2.12. The average Bonchev–Trinajstić information content (AvgIpc) is 2.99. The molecule has 1 saturated heterocycles. The summed E-state index contributed by atoms with van der Waals surface area (Å²) in [5.74, 6) is 0. The highest BCUT2D eigenvalue weighted by atomic mass is 16.6. The third-order valence-electron chi connectivity index (χ3n) is 2.52. The SMILES string of the molecule is CC.O=C(NN[C@@H]1CCOC1)OCc1ccccc1. The molecule has 5 nitrogen and oxygen atoms in total. The number of carbonyl (C=O) groups is 1. The van der Waals surface area contributed by atoms with Crippen molar-refractivity contribution in [3.05, 3.63) is 35.9 Å². The van der Waals surface area contributed by atoms with Gasteiger partial charge in [-0.25, -0.2) is 10.2 Å². The molecule has 0 bridgehead atoms. The van der Waals surface area contributed by atoms with Crippen LogP contribution in [-0.4, -0.2) is 25.3 Å². The van der Waals surface area contributed by atoms with Crippen molar-refractivity contribution in [3.8, 4) is 0 Å². The third-order valence-corrected chi connectivity index (χ3v) is 2.52. The Hall–Kier alpha value is -1.59. The number of rotatable bonds is 4. The predicted octanol–water partition coefficient (Wildman–Crippen LogP) is 2.23. The van der Waals surface area contributed by atoms with Crippen LogP contribution in [-0.2, 0) is 16.1 Å². The fourth-order valence-corrected chi connectivity index (χ4v) is 1.57. The lowest BCUT2D eigenvalue weighted by Crippen LogP contribution is -2.44. The molecule has 1 heterocycles. The van der Waals surface area contributed by atoms with Crippen LogP contribution < -0.4 is 10.9 Å². The summed E-state index contributed by atoms with van der Waals surface area (Å²) < 4.78 is 10.2. The maximum atomic E-state index is 11.3. The van der Waals surface area contributed by atoms with Gasteiger partial charge in [0.25, 0.3) is 0 Å². The van der Waals surface area contributed by atoms with Crippen LogP contribution in [0.15, 0.2) is 30.3 Å². The second-order valence-corrected chi connectivity index (χ2v) is 3.89. The Balaban J connectivity index is 0.000000861. The number of hydrogen-bond donors (Lipinski definition) is 2. The van der Waals surface area contributed by atoms with Crippen LogP contribution >= 0.6 is 0 Å². The first-order valence-corrected chi connectivity index (χ1v) is 6.64. The van der Waals surface area contributed by atoms with E-state index in [4.69, 9.17) is 9.47 Å². The van der Waals surface area contributed by atoms with Gasteiger partial charge in [0, 0.05) is 6.61 Å². The van der Waals surface area contributed by atoms with Gasteiger partial charge in [0.1, 0.15) is 6.61 Å². The highest BCUT2D eigenvalue weighted by Gasteiger charge is 2.15. The van der Waals surface area contributed by atoms with Crippen molar-refractivity contribution in [2.45, 2.75) is 32.9 Å². The normalized spacial score (nSPS) is 17.3. The topological polar surface area (TPSA) is 59.6 Å². The number of ether oxygens (including phenoxy) is 2. The lowest BCUT2D eigenvalue weighted by molar-refractivity contribution is 0.131. The van der Waals surface area contributed by atoms with Crippen molar-refractivity contribution >= 4 is 6.09 Å². The molecule has 1 aliphatic heterocycles. The Morgan fingerprint density at radius 3 is 2.74 bits per heavy atom. The largest absolute Gasteiger partial charge is 0.444 e. The Kier molecular flexibility index (Phi) is 7.62. The number of hydrazine groups is 1. The predicted molar refractivity (Wildman–Crippen MR) is 73.5 cm³/mol. The van der Waals surface area contributed by atoms with Gasteiger partial charge in [-0.3, -0.25) is 5.43 Å². The van der Waals surface area contributed by atoms with Crippen LogP contribution in [0.3, 0.4) is 0 Å². The van der Waals surface area contributed by atoms with Gasteiger partial charge in [0.05, 0.1) is 12.6 Å². The monoisotopic (exact) mass is 266 g/mol. The van der Waals surface area contributed by atoms with Crippen LogP contribution in [0.25, 0.3) is 0 Å². The highest BCUT2D eigenvalue weighted by molar-refractivity contribution is 5.66. The van der Waals surface area contributed by atoms with Gasteiger partial charge in [0.15, 0.2) is 0 Å². The first kappa shape index (κ1) is 15.5. The number of nitrogens with one attached hydrogen (secondary N) is 2. The molecule has 1 aliphatic rings. The van der Waals surface area contributed by atoms with Gasteiger partial charge < -0.3 is 9.47 Å². The molecule has 2 N–H and O–H groups in total. The summed E-state index contributed by atoms with van der Waals surface area (Å²) in [5.41, 5.74) is 6.34. The Bertz CT molecular complexity index is 351. The van der Waals surface area contributed by atoms with E-state index in [9.17, 15) is 4.79 Å². The van der Waals surface area contributed by atoms with E-state index in [-0.39, 0.29) is 12.6 Å². The van der Waals surface area contributed by atoms with Crippen LogP contribution in [0.2, 0.25) is 0 Å². The quantitative estimate of drug-likeness (QED) is 0.820. The summed E-state index contributed by atoms with van der Waals surface area (Å²) in [4.78, 5) is 11.3. The molecule has 1 aromatic carbocycles. The van der Waals surface area contributed by atoms with Crippen LogP contribution in [0.5, 0.6) is 0 Å². The molecule has 0 spiro atoms. The van der Waals surface area contributed by atoms with Gasteiger partial charge in [-0.2, -0.15) is 0 Å². The maximum absolute atomic E-state index is 11.3. The number of amides is 1. The van der Waals surface area contributed by atoms with E-state index in [1.165, 1.54) is 0 Å². The molecule has 1 amide bonds. The molecule has 0 saturated carbocycles. The molecule has 1 fully saturated rings. The van der Waals surface area contributed by atoms with Crippen molar-refractivity contribution < 1.29 is 14.3 Å². The molecular weight excluding hydrogens is 244 g/mol. The zero-order valence-corrected chi connectivity index (χ0v) is 11.5. The van der Waals surface area contributed by atoms with Crippen LogP contribution in [0, 0.1) is 0 Å². The van der Waals surface area contributed by atoms with Crippen LogP contribution in [0.1, 0.15) is 25.8 Å². The minimum Gasteiger partial charge on any atom is -0.444 e. The van der Waals surface area contributed by atoms with Gasteiger partial charge in [-0.05, 0) is 12.0 Å². The van der Waals surface area contributed by atoms with E-state index in [1.54, 1.807) is 0 Å². The Morgan fingerprint density at radius 2 is 2.11 bits per heavy atom. The van der Waals surface area contributed by atoms with Gasteiger partial charge in [-0.1, -0.05) is 44.2 Å². The first-order chi connectivity index (χ1) is 9.34. The standard InChI is InChI=1S/C12H16N2O3.C2H6/c15-12(14-13-11-6-7-16-9-11)17-8-10-4-2-1-3-5-10;1-2/h1-5,11,13H,6-9H2,(H,14,15);1-2H3/t11-;/m1./s1.